The number of aromatic nitrogens is 1. The van der Waals surface area contributed by atoms with Crippen molar-refractivity contribution in [2.75, 3.05) is 7.05 Å². The highest BCUT2D eigenvalue weighted by Gasteiger charge is 2.14. The van der Waals surface area contributed by atoms with Crippen LogP contribution in [-0.4, -0.2) is 29.1 Å². The lowest BCUT2D eigenvalue weighted by atomic mass is 10.1. The zero-order chi connectivity index (χ0) is 13.1. The Labute approximate surface area is 103 Å². The Morgan fingerprint density at radius 3 is 3.00 bits per heavy atom. The number of likely N-dealkylation sites (N-methyl/N-ethyl adjacent to an activating group) is 1. The third-order valence-electron chi connectivity index (χ3n) is 2.85. The van der Waals surface area contributed by atoms with Crippen LogP contribution in [0.4, 0.5) is 0 Å². The highest BCUT2D eigenvalue weighted by molar-refractivity contribution is 5.74. The molecule has 18 heavy (non-hydrogen) atoms. The van der Waals surface area contributed by atoms with Crippen molar-refractivity contribution in [3.63, 3.8) is 0 Å². The van der Waals surface area contributed by atoms with Crippen LogP contribution in [0.15, 0.2) is 27.4 Å². The molecule has 6 nitrogen and oxygen atoms in total. The first kappa shape index (κ1) is 12.4. The largest absolute Gasteiger partial charge is 0.480 e. The molecule has 0 aliphatic rings. The van der Waals surface area contributed by atoms with Gasteiger partial charge in [-0.2, -0.15) is 0 Å². The lowest BCUT2D eigenvalue weighted by Crippen LogP contribution is -2.34. The van der Waals surface area contributed by atoms with Gasteiger partial charge in [-0.3, -0.25) is 9.78 Å². The van der Waals surface area contributed by atoms with E-state index in [1.54, 1.807) is 19.2 Å². The van der Waals surface area contributed by atoms with E-state index >= 15 is 0 Å². The van der Waals surface area contributed by atoms with Gasteiger partial charge in [-0.25, -0.2) is 4.79 Å². The van der Waals surface area contributed by atoms with Crippen molar-refractivity contribution >= 4 is 17.1 Å². The number of aromatic amines is 1. The van der Waals surface area contributed by atoms with Crippen LogP contribution in [-0.2, 0) is 11.2 Å². The molecule has 1 unspecified atom stereocenters. The topological polar surface area (TPSA) is 95.3 Å². The Morgan fingerprint density at radius 2 is 2.33 bits per heavy atom. The number of carboxylic acid groups (broad SMARTS) is 1. The molecular formula is C12H14N2O4. The smallest absolute Gasteiger partial charge is 0.417 e. The highest BCUT2D eigenvalue weighted by Crippen LogP contribution is 2.14. The zero-order valence-electron chi connectivity index (χ0n) is 9.90. The van der Waals surface area contributed by atoms with Crippen molar-refractivity contribution in [2.24, 2.45) is 0 Å². The summed E-state index contributed by atoms with van der Waals surface area (Å²) in [6.45, 7) is 0. The summed E-state index contributed by atoms with van der Waals surface area (Å²) in [7, 11) is 1.62. The van der Waals surface area contributed by atoms with Gasteiger partial charge in [0.25, 0.3) is 0 Å². The Morgan fingerprint density at radius 1 is 1.56 bits per heavy atom. The van der Waals surface area contributed by atoms with Crippen LogP contribution in [0.1, 0.15) is 12.0 Å². The average Bonchev–Trinajstić information content (AvgIpc) is 2.68. The number of hydrogen-bond acceptors (Lipinski definition) is 4. The number of nitrogens with one attached hydrogen (secondary N) is 2. The second kappa shape index (κ2) is 5.05. The second-order valence-electron chi connectivity index (χ2n) is 4.06. The summed E-state index contributed by atoms with van der Waals surface area (Å²) in [6.07, 6.45) is 1.08. The van der Waals surface area contributed by atoms with Gasteiger partial charge in [-0.15, -0.1) is 0 Å². The number of hydrogen-bond donors (Lipinski definition) is 3. The SMILES string of the molecule is CNC(CCc1ccc2[nH]c(=O)oc2c1)C(=O)O. The van der Waals surface area contributed by atoms with E-state index in [1.165, 1.54) is 0 Å². The van der Waals surface area contributed by atoms with E-state index in [2.05, 4.69) is 10.3 Å². The molecule has 1 aromatic heterocycles. The minimum atomic E-state index is -0.869. The number of oxazole rings is 1. The molecule has 3 N–H and O–H groups in total. The lowest BCUT2D eigenvalue weighted by molar-refractivity contribution is -0.139. The van der Waals surface area contributed by atoms with Gasteiger partial charge >= 0.3 is 11.7 Å². The minimum absolute atomic E-state index is 0.478. The standard InChI is InChI=1S/C12H14N2O4/c1-13-9(11(15)16)5-3-7-2-4-8-10(6-7)18-12(17)14-8/h2,4,6,9,13H,3,5H2,1H3,(H,14,17)(H,15,16). The Hall–Kier alpha value is -2.08. The maximum atomic E-state index is 11.0. The average molecular weight is 250 g/mol. The summed E-state index contributed by atoms with van der Waals surface area (Å²) < 4.78 is 4.95. The van der Waals surface area contributed by atoms with Gasteiger partial charge in [-0.05, 0) is 37.6 Å². The quantitative estimate of drug-likeness (QED) is 0.727. The van der Waals surface area contributed by atoms with Crippen molar-refractivity contribution in [2.45, 2.75) is 18.9 Å². The molecular weight excluding hydrogens is 236 g/mol. The number of fused-ring (bicyclic) bond motifs is 1. The normalized spacial score (nSPS) is 12.7. The van der Waals surface area contributed by atoms with Gasteiger partial charge in [0.05, 0.1) is 5.52 Å². The summed E-state index contributed by atoms with van der Waals surface area (Å²) in [4.78, 5) is 24.4. The number of carboxylic acids is 1. The van der Waals surface area contributed by atoms with E-state index in [0.29, 0.717) is 23.9 Å². The first-order chi connectivity index (χ1) is 8.60. The molecule has 6 heteroatoms. The van der Waals surface area contributed by atoms with E-state index in [-0.39, 0.29) is 0 Å². The van der Waals surface area contributed by atoms with Crippen LogP contribution >= 0.6 is 0 Å². The number of carbonyl (C=O) groups is 1. The van der Waals surface area contributed by atoms with Crippen LogP contribution in [0.25, 0.3) is 11.1 Å². The Bertz CT molecular complexity index is 614. The van der Waals surface area contributed by atoms with E-state index < -0.39 is 17.8 Å². The molecule has 0 saturated carbocycles. The van der Waals surface area contributed by atoms with Gasteiger partial charge < -0.3 is 14.8 Å². The van der Waals surface area contributed by atoms with Crippen molar-refractivity contribution in [1.29, 1.82) is 0 Å². The maximum Gasteiger partial charge on any atom is 0.417 e. The van der Waals surface area contributed by atoms with Gasteiger partial charge in [0.15, 0.2) is 5.58 Å². The first-order valence-electron chi connectivity index (χ1n) is 5.62. The predicted octanol–water partition coefficient (Wildman–Crippen LogP) is 0.726. The third-order valence-corrected chi connectivity index (χ3v) is 2.85. The molecule has 0 fully saturated rings. The molecule has 0 radical (unpaired) electrons. The number of benzene rings is 1. The van der Waals surface area contributed by atoms with Crippen molar-refractivity contribution in [3.05, 3.63) is 34.3 Å². The molecule has 1 aromatic carbocycles. The molecule has 1 atom stereocenters. The van der Waals surface area contributed by atoms with Crippen LogP contribution in [0.2, 0.25) is 0 Å². The maximum absolute atomic E-state index is 11.0. The summed E-state index contributed by atoms with van der Waals surface area (Å²) in [6, 6.07) is 4.79. The van der Waals surface area contributed by atoms with Crippen LogP contribution < -0.4 is 11.1 Å². The molecule has 1 heterocycles. The fourth-order valence-electron chi connectivity index (χ4n) is 1.85. The van der Waals surface area contributed by atoms with Crippen molar-refractivity contribution < 1.29 is 14.3 Å². The molecule has 0 aliphatic carbocycles. The van der Waals surface area contributed by atoms with E-state index in [0.717, 1.165) is 5.56 Å². The monoisotopic (exact) mass is 250 g/mol. The van der Waals surface area contributed by atoms with E-state index in [9.17, 15) is 9.59 Å². The molecule has 96 valence electrons. The molecule has 2 rings (SSSR count). The summed E-state index contributed by atoms with van der Waals surface area (Å²) >= 11 is 0. The summed E-state index contributed by atoms with van der Waals surface area (Å²) in [5.41, 5.74) is 2.08. The lowest BCUT2D eigenvalue weighted by Gasteiger charge is -2.10. The second-order valence-corrected chi connectivity index (χ2v) is 4.06. The summed E-state index contributed by atoms with van der Waals surface area (Å²) in [5, 5.41) is 11.6. The van der Waals surface area contributed by atoms with Gasteiger partial charge in [0, 0.05) is 0 Å². The minimum Gasteiger partial charge on any atom is -0.480 e. The van der Waals surface area contributed by atoms with Crippen LogP contribution in [0.3, 0.4) is 0 Å². The number of rotatable bonds is 5. The van der Waals surface area contributed by atoms with Gasteiger partial charge in [0.2, 0.25) is 0 Å². The molecule has 2 aromatic rings. The van der Waals surface area contributed by atoms with E-state index in [1.807, 2.05) is 6.07 Å². The van der Waals surface area contributed by atoms with E-state index in [4.69, 9.17) is 9.52 Å². The van der Waals surface area contributed by atoms with Gasteiger partial charge in [-0.1, -0.05) is 6.07 Å². The fourth-order valence-corrected chi connectivity index (χ4v) is 1.85. The zero-order valence-corrected chi connectivity index (χ0v) is 9.90. The molecule has 0 spiro atoms. The molecule has 0 amide bonds. The Balaban J connectivity index is 2.12. The van der Waals surface area contributed by atoms with Gasteiger partial charge in [0.1, 0.15) is 6.04 Å². The molecule has 0 bridgehead atoms. The highest BCUT2D eigenvalue weighted by atomic mass is 16.4. The van der Waals surface area contributed by atoms with Crippen molar-refractivity contribution in [1.82, 2.24) is 10.3 Å². The van der Waals surface area contributed by atoms with Crippen LogP contribution in [0.5, 0.6) is 0 Å². The molecule has 0 aliphatic heterocycles. The van der Waals surface area contributed by atoms with Crippen molar-refractivity contribution in [3.8, 4) is 0 Å². The summed E-state index contributed by atoms with van der Waals surface area (Å²) in [5.74, 6) is -1.35. The third kappa shape index (κ3) is 2.60. The molecule has 0 saturated heterocycles. The number of aliphatic carboxylic acids is 1. The van der Waals surface area contributed by atoms with Crippen LogP contribution in [0, 0.1) is 0 Å². The number of H-pyrrole nitrogens is 1. The fraction of sp³-hybridized carbons (Fsp3) is 0.333. The first-order valence-corrected chi connectivity index (χ1v) is 5.62. The number of aryl methyl sites for hydroxylation is 1. The Kier molecular flexibility index (Phi) is 3.47. The predicted molar refractivity (Wildman–Crippen MR) is 65.6 cm³/mol.